The van der Waals surface area contributed by atoms with Crippen molar-refractivity contribution in [2.24, 2.45) is 0 Å². The largest absolute Gasteiger partial charge is 0.480 e. The van der Waals surface area contributed by atoms with Crippen molar-refractivity contribution in [3.8, 4) is 0 Å². The molecular formula is C6H11NO2. The SMILES string of the molecule is CCC(C(=O)O)N1CC1. The summed E-state index contributed by atoms with van der Waals surface area (Å²) >= 11 is 0. The minimum absolute atomic E-state index is 0.218. The predicted octanol–water partition coefficient (Wildman–Crippen LogP) is 0.165. The topological polar surface area (TPSA) is 40.3 Å². The highest BCUT2D eigenvalue weighted by Gasteiger charge is 2.30. The van der Waals surface area contributed by atoms with Crippen LogP contribution in [0.4, 0.5) is 0 Å². The maximum atomic E-state index is 10.4. The van der Waals surface area contributed by atoms with Crippen LogP contribution in [0.5, 0.6) is 0 Å². The van der Waals surface area contributed by atoms with E-state index in [0.29, 0.717) is 0 Å². The molecule has 0 radical (unpaired) electrons. The lowest BCUT2D eigenvalue weighted by Gasteiger charge is -2.08. The van der Waals surface area contributed by atoms with Crippen LogP contribution in [0.1, 0.15) is 13.3 Å². The maximum Gasteiger partial charge on any atom is 0.320 e. The second-order valence-electron chi connectivity index (χ2n) is 2.30. The maximum absolute atomic E-state index is 10.4. The molecule has 1 aliphatic rings. The monoisotopic (exact) mass is 129 g/mol. The lowest BCUT2D eigenvalue weighted by molar-refractivity contribution is -0.141. The molecular weight excluding hydrogens is 118 g/mol. The van der Waals surface area contributed by atoms with Crippen LogP contribution in [0.15, 0.2) is 0 Å². The molecule has 0 amide bonds. The second kappa shape index (κ2) is 2.35. The van der Waals surface area contributed by atoms with Gasteiger partial charge in [0.2, 0.25) is 0 Å². The third-order valence-electron chi connectivity index (χ3n) is 1.59. The van der Waals surface area contributed by atoms with E-state index in [1.807, 2.05) is 11.8 Å². The molecule has 1 aliphatic heterocycles. The van der Waals surface area contributed by atoms with Gasteiger partial charge in [-0.3, -0.25) is 9.69 Å². The summed E-state index contributed by atoms with van der Waals surface area (Å²) in [4.78, 5) is 12.3. The van der Waals surface area contributed by atoms with Gasteiger partial charge in [0, 0.05) is 13.1 Å². The average Bonchev–Trinajstić information content (AvgIpc) is 2.50. The van der Waals surface area contributed by atoms with E-state index < -0.39 is 5.97 Å². The Bertz CT molecular complexity index is 120. The molecule has 1 N–H and O–H groups in total. The number of hydrogen-bond donors (Lipinski definition) is 1. The molecule has 1 heterocycles. The summed E-state index contributed by atoms with van der Waals surface area (Å²) in [6, 6.07) is -0.218. The minimum atomic E-state index is -0.685. The van der Waals surface area contributed by atoms with Crippen LogP contribution in [0.3, 0.4) is 0 Å². The van der Waals surface area contributed by atoms with E-state index in [-0.39, 0.29) is 6.04 Å². The van der Waals surface area contributed by atoms with E-state index in [1.54, 1.807) is 0 Å². The highest BCUT2D eigenvalue weighted by molar-refractivity contribution is 5.73. The molecule has 0 bridgehead atoms. The van der Waals surface area contributed by atoms with Gasteiger partial charge in [-0.15, -0.1) is 0 Å². The fourth-order valence-corrected chi connectivity index (χ4v) is 0.958. The molecule has 0 aromatic heterocycles. The molecule has 0 aromatic rings. The van der Waals surface area contributed by atoms with Crippen molar-refractivity contribution in [2.45, 2.75) is 19.4 Å². The first-order valence-corrected chi connectivity index (χ1v) is 3.22. The molecule has 1 unspecified atom stereocenters. The van der Waals surface area contributed by atoms with Gasteiger partial charge in [-0.2, -0.15) is 0 Å². The van der Waals surface area contributed by atoms with E-state index in [9.17, 15) is 4.79 Å². The van der Waals surface area contributed by atoms with Gasteiger partial charge in [0.1, 0.15) is 6.04 Å². The van der Waals surface area contributed by atoms with Crippen molar-refractivity contribution in [1.29, 1.82) is 0 Å². The summed E-state index contributed by atoms with van der Waals surface area (Å²) in [6.07, 6.45) is 0.718. The zero-order valence-corrected chi connectivity index (χ0v) is 5.50. The van der Waals surface area contributed by atoms with Gasteiger partial charge in [0.05, 0.1) is 0 Å². The Labute approximate surface area is 54.3 Å². The van der Waals surface area contributed by atoms with Crippen molar-refractivity contribution in [3.63, 3.8) is 0 Å². The fraction of sp³-hybridized carbons (Fsp3) is 0.833. The quantitative estimate of drug-likeness (QED) is 0.552. The number of carbonyl (C=O) groups is 1. The van der Waals surface area contributed by atoms with Gasteiger partial charge in [-0.05, 0) is 6.42 Å². The normalized spacial score (nSPS) is 21.4. The molecule has 3 nitrogen and oxygen atoms in total. The molecule has 52 valence electrons. The number of aliphatic carboxylic acids is 1. The second-order valence-corrected chi connectivity index (χ2v) is 2.30. The molecule has 1 saturated heterocycles. The first-order chi connectivity index (χ1) is 4.25. The number of carboxylic acid groups (broad SMARTS) is 1. The van der Waals surface area contributed by atoms with E-state index in [4.69, 9.17) is 5.11 Å². The Morgan fingerprint density at radius 1 is 1.78 bits per heavy atom. The first-order valence-electron chi connectivity index (χ1n) is 3.22. The number of carboxylic acids is 1. The van der Waals surface area contributed by atoms with Crippen molar-refractivity contribution in [2.75, 3.05) is 13.1 Å². The van der Waals surface area contributed by atoms with Crippen molar-refractivity contribution >= 4 is 5.97 Å². The van der Waals surface area contributed by atoms with Crippen molar-refractivity contribution in [3.05, 3.63) is 0 Å². The number of nitrogens with zero attached hydrogens (tertiary/aromatic N) is 1. The van der Waals surface area contributed by atoms with E-state index in [1.165, 1.54) is 0 Å². The predicted molar refractivity (Wildman–Crippen MR) is 33.3 cm³/mol. The highest BCUT2D eigenvalue weighted by atomic mass is 16.4. The lowest BCUT2D eigenvalue weighted by atomic mass is 10.2. The van der Waals surface area contributed by atoms with Crippen LogP contribution in [-0.2, 0) is 4.79 Å². The fourth-order valence-electron chi connectivity index (χ4n) is 0.958. The summed E-state index contributed by atoms with van der Waals surface area (Å²) in [7, 11) is 0. The summed E-state index contributed by atoms with van der Waals surface area (Å²) < 4.78 is 0. The minimum Gasteiger partial charge on any atom is -0.480 e. The molecule has 3 heteroatoms. The summed E-state index contributed by atoms with van der Waals surface area (Å²) in [5.74, 6) is -0.685. The zero-order chi connectivity index (χ0) is 6.85. The van der Waals surface area contributed by atoms with Gasteiger partial charge >= 0.3 is 5.97 Å². The lowest BCUT2D eigenvalue weighted by Crippen LogP contribution is -2.27. The molecule has 9 heavy (non-hydrogen) atoms. The van der Waals surface area contributed by atoms with Gasteiger partial charge in [-0.25, -0.2) is 0 Å². The molecule has 1 fully saturated rings. The highest BCUT2D eigenvalue weighted by Crippen LogP contribution is 2.12. The molecule has 0 saturated carbocycles. The molecule has 0 aromatic carbocycles. The third kappa shape index (κ3) is 1.42. The summed E-state index contributed by atoms with van der Waals surface area (Å²) in [6.45, 7) is 3.83. The standard InChI is InChI=1S/C6H11NO2/c1-2-5(6(8)9)7-3-4-7/h5H,2-4H2,1H3,(H,8,9). The van der Waals surface area contributed by atoms with Crippen LogP contribution in [0.2, 0.25) is 0 Å². The Balaban J connectivity index is 2.37. The number of rotatable bonds is 3. The Morgan fingerprint density at radius 2 is 2.33 bits per heavy atom. The Kier molecular flexibility index (Phi) is 1.71. The summed E-state index contributed by atoms with van der Waals surface area (Å²) in [5.41, 5.74) is 0. The molecule has 1 atom stereocenters. The van der Waals surface area contributed by atoms with Crippen LogP contribution in [-0.4, -0.2) is 35.1 Å². The van der Waals surface area contributed by atoms with Crippen LogP contribution < -0.4 is 0 Å². The Hall–Kier alpha value is -0.570. The first kappa shape index (κ1) is 6.55. The van der Waals surface area contributed by atoms with Crippen LogP contribution >= 0.6 is 0 Å². The Morgan fingerprint density at radius 3 is 2.44 bits per heavy atom. The van der Waals surface area contributed by atoms with Gasteiger partial charge in [0.15, 0.2) is 0 Å². The van der Waals surface area contributed by atoms with Gasteiger partial charge in [-0.1, -0.05) is 6.92 Å². The third-order valence-corrected chi connectivity index (χ3v) is 1.59. The zero-order valence-electron chi connectivity index (χ0n) is 5.50. The number of hydrogen-bond acceptors (Lipinski definition) is 2. The van der Waals surface area contributed by atoms with Crippen LogP contribution in [0, 0.1) is 0 Å². The molecule has 0 aliphatic carbocycles. The average molecular weight is 129 g/mol. The molecule has 0 spiro atoms. The van der Waals surface area contributed by atoms with Gasteiger partial charge in [0.25, 0.3) is 0 Å². The van der Waals surface area contributed by atoms with E-state index >= 15 is 0 Å². The summed E-state index contributed by atoms with van der Waals surface area (Å²) in [5, 5.41) is 8.54. The van der Waals surface area contributed by atoms with Gasteiger partial charge < -0.3 is 5.11 Å². The van der Waals surface area contributed by atoms with Crippen LogP contribution in [0.25, 0.3) is 0 Å². The van der Waals surface area contributed by atoms with E-state index in [0.717, 1.165) is 19.5 Å². The van der Waals surface area contributed by atoms with Crippen molar-refractivity contribution < 1.29 is 9.90 Å². The van der Waals surface area contributed by atoms with E-state index in [2.05, 4.69) is 0 Å². The van der Waals surface area contributed by atoms with Crippen molar-refractivity contribution in [1.82, 2.24) is 4.90 Å². The molecule has 1 rings (SSSR count). The smallest absolute Gasteiger partial charge is 0.320 e.